The number of piperidine rings is 1. The van der Waals surface area contributed by atoms with Crippen LogP contribution in [0.4, 0.5) is 11.4 Å². The topological polar surface area (TPSA) is 105 Å². The maximum atomic E-state index is 13.2. The van der Waals surface area contributed by atoms with Gasteiger partial charge in [-0.05, 0) is 36.5 Å². The zero-order chi connectivity index (χ0) is 24.1. The zero-order valence-electron chi connectivity index (χ0n) is 19.4. The number of benzene rings is 2. The third-order valence-electron chi connectivity index (χ3n) is 6.50. The molecule has 34 heavy (non-hydrogen) atoms. The highest BCUT2D eigenvalue weighted by atomic mass is 32.2. The van der Waals surface area contributed by atoms with E-state index in [9.17, 15) is 18.5 Å². The molecule has 0 aliphatic carbocycles. The predicted molar refractivity (Wildman–Crippen MR) is 130 cm³/mol. The van der Waals surface area contributed by atoms with Crippen molar-refractivity contribution in [2.24, 2.45) is 5.92 Å². The molecular weight excluding hydrogens is 456 g/mol. The Labute approximate surface area is 200 Å². The first-order valence-electron chi connectivity index (χ1n) is 11.7. The monoisotopic (exact) mass is 488 g/mol. The Kier molecular flexibility index (Phi) is 7.82. The van der Waals surface area contributed by atoms with Crippen molar-refractivity contribution in [3.8, 4) is 0 Å². The lowest BCUT2D eigenvalue weighted by Gasteiger charge is -2.31. The van der Waals surface area contributed by atoms with Gasteiger partial charge in [-0.2, -0.15) is 4.31 Å². The van der Waals surface area contributed by atoms with Crippen LogP contribution in [0.1, 0.15) is 31.4 Å². The van der Waals surface area contributed by atoms with Gasteiger partial charge in [0.05, 0.1) is 29.1 Å². The van der Waals surface area contributed by atoms with Crippen LogP contribution in [-0.2, 0) is 14.8 Å². The standard InChI is InChI=1S/C24H32N4O5S/c1-19-6-5-11-27(17-19)34(31,32)21-9-10-22(24(16-21)28(29)30)25-23(20-7-3-2-4-8-20)18-26-12-14-33-15-13-26/h2-4,7-10,16,19,23,25H,5-6,11-15,17-18H2,1H3/t19-,23-/m1/s1. The number of morpholine rings is 1. The minimum Gasteiger partial charge on any atom is -0.379 e. The van der Waals surface area contributed by atoms with Gasteiger partial charge in [0.15, 0.2) is 0 Å². The van der Waals surface area contributed by atoms with E-state index in [1.54, 1.807) is 0 Å². The van der Waals surface area contributed by atoms with Crippen molar-refractivity contribution in [2.75, 3.05) is 51.3 Å². The normalized spacial score (nSPS) is 21.1. The van der Waals surface area contributed by atoms with Crippen LogP contribution >= 0.6 is 0 Å². The molecule has 0 spiro atoms. The van der Waals surface area contributed by atoms with Gasteiger partial charge in [-0.15, -0.1) is 0 Å². The molecule has 0 saturated carbocycles. The van der Waals surface area contributed by atoms with Crippen molar-refractivity contribution in [2.45, 2.75) is 30.7 Å². The van der Waals surface area contributed by atoms with Crippen molar-refractivity contribution >= 4 is 21.4 Å². The minimum absolute atomic E-state index is 0.0386. The zero-order valence-corrected chi connectivity index (χ0v) is 20.2. The summed E-state index contributed by atoms with van der Waals surface area (Å²) in [5.74, 6) is 0.270. The molecule has 2 atom stereocenters. The summed E-state index contributed by atoms with van der Waals surface area (Å²) in [6, 6.07) is 13.8. The lowest BCUT2D eigenvalue weighted by Crippen LogP contribution is -2.40. The number of nitro groups is 1. The van der Waals surface area contributed by atoms with Gasteiger partial charge in [0, 0.05) is 38.8 Å². The molecule has 2 aliphatic heterocycles. The molecule has 9 nitrogen and oxygen atoms in total. The lowest BCUT2D eigenvalue weighted by molar-refractivity contribution is -0.384. The van der Waals surface area contributed by atoms with Crippen LogP contribution < -0.4 is 5.32 Å². The summed E-state index contributed by atoms with van der Waals surface area (Å²) in [5.41, 5.74) is 1.06. The van der Waals surface area contributed by atoms with Gasteiger partial charge in [0.25, 0.3) is 5.69 Å². The fourth-order valence-corrected chi connectivity index (χ4v) is 6.23. The molecule has 2 fully saturated rings. The van der Waals surface area contributed by atoms with Crippen LogP contribution in [0.25, 0.3) is 0 Å². The summed E-state index contributed by atoms with van der Waals surface area (Å²) in [4.78, 5) is 13.7. The Hall–Kier alpha value is -2.53. The van der Waals surface area contributed by atoms with Gasteiger partial charge in [0.1, 0.15) is 5.69 Å². The van der Waals surface area contributed by atoms with Gasteiger partial charge in [-0.3, -0.25) is 15.0 Å². The number of nitrogens with one attached hydrogen (secondary N) is 1. The highest BCUT2D eigenvalue weighted by Gasteiger charge is 2.31. The van der Waals surface area contributed by atoms with E-state index in [-0.39, 0.29) is 22.5 Å². The Morgan fingerprint density at radius 2 is 1.88 bits per heavy atom. The lowest BCUT2D eigenvalue weighted by atomic mass is 10.0. The molecule has 184 valence electrons. The number of hydrogen-bond donors (Lipinski definition) is 1. The predicted octanol–water partition coefficient (Wildman–Crippen LogP) is 3.50. The first-order valence-corrected chi connectivity index (χ1v) is 13.2. The molecule has 2 heterocycles. The number of nitrogens with zero attached hydrogens (tertiary/aromatic N) is 3. The van der Waals surface area contributed by atoms with E-state index in [2.05, 4.69) is 10.2 Å². The first kappa shape index (κ1) is 24.6. The number of rotatable bonds is 8. The largest absolute Gasteiger partial charge is 0.379 e. The molecule has 2 aliphatic rings. The van der Waals surface area contributed by atoms with Crippen LogP contribution in [0, 0.1) is 16.0 Å². The summed E-state index contributed by atoms with van der Waals surface area (Å²) in [6.07, 6.45) is 1.78. The number of hydrogen-bond acceptors (Lipinski definition) is 7. The van der Waals surface area contributed by atoms with E-state index in [0.717, 1.165) is 31.5 Å². The van der Waals surface area contributed by atoms with Crippen LogP contribution in [0.15, 0.2) is 53.4 Å². The fraction of sp³-hybridized carbons (Fsp3) is 0.500. The van der Waals surface area contributed by atoms with Crippen molar-refractivity contribution in [1.82, 2.24) is 9.21 Å². The van der Waals surface area contributed by atoms with Gasteiger partial charge in [-0.1, -0.05) is 37.3 Å². The van der Waals surface area contributed by atoms with Crippen LogP contribution in [0.3, 0.4) is 0 Å². The third kappa shape index (κ3) is 5.75. The van der Waals surface area contributed by atoms with Crippen molar-refractivity contribution in [1.29, 1.82) is 0 Å². The Morgan fingerprint density at radius 1 is 1.15 bits per heavy atom. The number of nitro benzene ring substituents is 1. The number of sulfonamides is 1. The molecule has 2 aromatic rings. The Morgan fingerprint density at radius 3 is 2.56 bits per heavy atom. The van der Waals surface area contributed by atoms with E-state index in [4.69, 9.17) is 4.74 Å². The third-order valence-corrected chi connectivity index (χ3v) is 8.36. The molecule has 2 saturated heterocycles. The molecule has 0 amide bonds. The molecule has 4 rings (SSSR count). The smallest absolute Gasteiger partial charge is 0.293 e. The average Bonchev–Trinajstić information content (AvgIpc) is 2.85. The van der Waals surface area contributed by atoms with Crippen LogP contribution in [-0.4, -0.2) is 68.5 Å². The second kappa shape index (κ2) is 10.8. The number of anilines is 1. The Balaban J connectivity index is 1.62. The van der Waals surface area contributed by atoms with E-state index in [1.165, 1.54) is 22.5 Å². The minimum atomic E-state index is -3.79. The second-order valence-electron chi connectivity index (χ2n) is 9.07. The number of ether oxygens (including phenoxy) is 1. The molecule has 1 N–H and O–H groups in total. The molecule has 0 aromatic heterocycles. The molecular formula is C24H32N4O5S. The van der Waals surface area contributed by atoms with Gasteiger partial charge < -0.3 is 10.1 Å². The molecule has 0 bridgehead atoms. The van der Waals surface area contributed by atoms with E-state index >= 15 is 0 Å². The molecule has 2 aromatic carbocycles. The Bertz CT molecular complexity index is 1090. The second-order valence-corrected chi connectivity index (χ2v) is 11.0. The van der Waals surface area contributed by atoms with Crippen molar-refractivity contribution in [3.05, 3.63) is 64.2 Å². The summed E-state index contributed by atoms with van der Waals surface area (Å²) < 4.78 is 33.3. The van der Waals surface area contributed by atoms with Gasteiger partial charge in [0.2, 0.25) is 10.0 Å². The quantitative estimate of drug-likeness (QED) is 0.448. The summed E-state index contributed by atoms with van der Waals surface area (Å²) in [6.45, 7) is 6.44. The highest BCUT2D eigenvalue weighted by Crippen LogP contribution is 2.33. The summed E-state index contributed by atoms with van der Waals surface area (Å²) >= 11 is 0. The van der Waals surface area contributed by atoms with Crippen LogP contribution in [0.2, 0.25) is 0 Å². The average molecular weight is 489 g/mol. The molecule has 0 unspecified atom stereocenters. The first-order chi connectivity index (χ1) is 16.3. The fourth-order valence-electron chi connectivity index (χ4n) is 4.61. The van der Waals surface area contributed by atoms with Crippen LogP contribution in [0.5, 0.6) is 0 Å². The maximum absolute atomic E-state index is 13.2. The summed E-state index contributed by atoms with van der Waals surface area (Å²) in [5, 5.41) is 15.3. The van der Waals surface area contributed by atoms with E-state index in [1.807, 2.05) is 37.3 Å². The van der Waals surface area contributed by atoms with Gasteiger partial charge >= 0.3 is 0 Å². The van der Waals surface area contributed by atoms with E-state index < -0.39 is 14.9 Å². The summed E-state index contributed by atoms with van der Waals surface area (Å²) in [7, 11) is -3.79. The van der Waals surface area contributed by atoms with Gasteiger partial charge in [-0.25, -0.2) is 8.42 Å². The SMILES string of the molecule is C[C@@H]1CCCN(S(=O)(=O)c2ccc(N[C@H](CN3CCOCC3)c3ccccc3)c([N+](=O)[O-])c2)C1. The van der Waals surface area contributed by atoms with Crippen molar-refractivity contribution in [3.63, 3.8) is 0 Å². The maximum Gasteiger partial charge on any atom is 0.293 e. The molecule has 10 heteroatoms. The molecule has 0 radical (unpaired) electrons. The highest BCUT2D eigenvalue weighted by molar-refractivity contribution is 7.89. The van der Waals surface area contributed by atoms with Crippen molar-refractivity contribution < 1.29 is 18.1 Å². The van der Waals surface area contributed by atoms with E-state index in [0.29, 0.717) is 38.5 Å².